The highest BCUT2D eigenvalue weighted by Gasteiger charge is 2.09. The van der Waals surface area contributed by atoms with E-state index < -0.39 is 0 Å². The van der Waals surface area contributed by atoms with Gasteiger partial charge in [0.05, 0.1) is 17.4 Å². The summed E-state index contributed by atoms with van der Waals surface area (Å²) >= 11 is 6.03. The number of nitrogens with two attached hydrogens (primary N) is 1. The number of benzene rings is 1. The number of anilines is 2. The maximum atomic E-state index is 6.03. The Labute approximate surface area is 183 Å². The first kappa shape index (κ1) is 19.3. The molecule has 4 heterocycles. The van der Waals surface area contributed by atoms with E-state index in [1.165, 1.54) is 0 Å². The highest BCUT2D eigenvalue weighted by Crippen LogP contribution is 2.23. The smallest absolute Gasteiger partial charge is 0.137 e. The Kier molecular flexibility index (Phi) is 4.88. The Morgan fingerprint density at radius 3 is 2.74 bits per heavy atom. The SMILES string of the molecule is Cc1cc(Cn2cc3c(NCc4ccc5c(N)nccc5c4)nccc3n2)cnc1Cl. The molecular weight excluding hydrogens is 410 g/mol. The number of nitrogen functional groups attached to an aromatic ring is 1. The van der Waals surface area contributed by atoms with Crippen LogP contribution in [0.4, 0.5) is 11.6 Å². The van der Waals surface area contributed by atoms with Crippen LogP contribution >= 0.6 is 11.6 Å². The average molecular weight is 430 g/mol. The summed E-state index contributed by atoms with van der Waals surface area (Å²) in [7, 11) is 0. The summed E-state index contributed by atoms with van der Waals surface area (Å²) in [5, 5.41) is 11.6. The molecule has 5 aromatic rings. The molecule has 154 valence electrons. The van der Waals surface area contributed by atoms with Crippen LogP contribution in [0.3, 0.4) is 0 Å². The number of rotatable bonds is 5. The molecule has 0 spiro atoms. The quantitative estimate of drug-likeness (QED) is 0.397. The maximum absolute atomic E-state index is 6.03. The Hall–Kier alpha value is -3.71. The number of nitrogens with one attached hydrogen (secondary N) is 1. The van der Waals surface area contributed by atoms with Crippen LogP contribution < -0.4 is 11.1 Å². The van der Waals surface area contributed by atoms with Crippen molar-refractivity contribution in [3.05, 3.63) is 83.0 Å². The van der Waals surface area contributed by atoms with E-state index in [4.69, 9.17) is 17.3 Å². The molecule has 0 fully saturated rings. The number of halogens is 1. The third-order valence-electron chi connectivity index (χ3n) is 5.22. The lowest BCUT2D eigenvalue weighted by Crippen LogP contribution is -2.02. The third-order valence-corrected chi connectivity index (χ3v) is 5.61. The summed E-state index contributed by atoms with van der Waals surface area (Å²) in [5.74, 6) is 1.34. The molecule has 0 amide bonds. The number of hydrogen-bond acceptors (Lipinski definition) is 6. The van der Waals surface area contributed by atoms with E-state index in [-0.39, 0.29) is 0 Å². The molecule has 0 saturated heterocycles. The highest BCUT2D eigenvalue weighted by atomic mass is 35.5. The van der Waals surface area contributed by atoms with Crippen LogP contribution in [0.25, 0.3) is 21.7 Å². The molecule has 7 nitrogen and oxygen atoms in total. The van der Waals surface area contributed by atoms with Crippen molar-refractivity contribution in [2.75, 3.05) is 11.1 Å². The van der Waals surface area contributed by atoms with Crippen molar-refractivity contribution in [2.45, 2.75) is 20.0 Å². The van der Waals surface area contributed by atoms with Crippen LogP contribution in [0.15, 0.2) is 61.2 Å². The van der Waals surface area contributed by atoms with Gasteiger partial charge in [-0.3, -0.25) is 4.68 Å². The molecule has 0 aliphatic carbocycles. The topological polar surface area (TPSA) is 94.5 Å². The molecule has 3 N–H and O–H groups in total. The van der Waals surface area contributed by atoms with Crippen LogP contribution in [-0.4, -0.2) is 24.7 Å². The predicted molar refractivity (Wildman–Crippen MR) is 124 cm³/mol. The Bertz CT molecular complexity index is 1410. The van der Waals surface area contributed by atoms with Crippen molar-refractivity contribution in [1.82, 2.24) is 24.7 Å². The fourth-order valence-corrected chi connectivity index (χ4v) is 3.76. The van der Waals surface area contributed by atoms with Crippen LogP contribution in [-0.2, 0) is 13.1 Å². The summed E-state index contributed by atoms with van der Waals surface area (Å²) in [6.07, 6.45) is 7.27. The Morgan fingerprint density at radius 1 is 1.00 bits per heavy atom. The maximum Gasteiger partial charge on any atom is 0.137 e. The van der Waals surface area contributed by atoms with Gasteiger partial charge in [-0.15, -0.1) is 0 Å². The predicted octanol–water partition coefficient (Wildman–Crippen LogP) is 4.58. The van der Waals surface area contributed by atoms with E-state index in [1.807, 2.05) is 48.1 Å². The number of pyridine rings is 3. The molecule has 4 aromatic heterocycles. The van der Waals surface area contributed by atoms with Crippen molar-refractivity contribution < 1.29 is 0 Å². The molecular formula is C23H20ClN7. The lowest BCUT2D eigenvalue weighted by molar-refractivity contribution is 0.693. The fourth-order valence-electron chi connectivity index (χ4n) is 3.65. The van der Waals surface area contributed by atoms with Gasteiger partial charge in [0, 0.05) is 36.7 Å². The second-order valence-corrected chi connectivity index (χ2v) is 7.83. The van der Waals surface area contributed by atoms with E-state index in [2.05, 4.69) is 31.4 Å². The minimum Gasteiger partial charge on any atom is -0.383 e. The average Bonchev–Trinajstić information content (AvgIpc) is 3.18. The van der Waals surface area contributed by atoms with Gasteiger partial charge in [-0.1, -0.05) is 23.7 Å². The first-order valence-electron chi connectivity index (χ1n) is 9.87. The summed E-state index contributed by atoms with van der Waals surface area (Å²) < 4.78 is 1.90. The number of fused-ring (bicyclic) bond motifs is 2. The van der Waals surface area contributed by atoms with Gasteiger partial charge in [-0.05, 0) is 53.3 Å². The van der Waals surface area contributed by atoms with Crippen molar-refractivity contribution in [3.63, 3.8) is 0 Å². The summed E-state index contributed by atoms with van der Waals surface area (Å²) in [6.45, 7) is 3.19. The van der Waals surface area contributed by atoms with Crippen molar-refractivity contribution >= 4 is 44.9 Å². The molecule has 31 heavy (non-hydrogen) atoms. The summed E-state index contributed by atoms with van der Waals surface area (Å²) in [4.78, 5) is 12.9. The largest absolute Gasteiger partial charge is 0.383 e. The van der Waals surface area contributed by atoms with E-state index in [1.54, 1.807) is 18.6 Å². The molecule has 0 aliphatic heterocycles. The van der Waals surface area contributed by atoms with Gasteiger partial charge in [0.1, 0.15) is 16.8 Å². The zero-order valence-corrected chi connectivity index (χ0v) is 17.6. The second-order valence-electron chi connectivity index (χ2n) is 7.48. The number of nitrogens with zero attached hydrogens (tertiary/aromatic N) is 5. The van der Waals surface area contributed by atoms with Crippen LogP contribution in [0.5, 0.6) is 0 Å². The summed E-state index contributed by atoms with van der Waals surface area (Å²) in [5.41, 5.74) is 9.96. The van der Waals surface area contributed by atoms with Gasteiger partial charge >= 0.3 is 0 Å². The zero-order valence-electron chi connectivity index (χ0n) is 16.9. The van der Waals surface area contributed by atoms with Gasteiger partial charge < -0.3 is 11.1 Å². The minimum absolute atomic E-state index is 0.526. The van der Waals surface area contributed by atoms with Crippen LogP contribution in [0, 0.1) is 6.92 Å². The second kappa shape index (κ2) is 7.85. The van der Waals surface area contributed by atoms with Crippen molar-refractivity contribution in [1.29, 1.82) is 0 Å². The third kappa shape index (κ3) is 3.87. The molecule has 5 rings (SSSR count). The van der Waals surface area contributed by atoms with Gasteiger partial charge in [0.15, 0.2) is 0 Å². The lowest BCUT2D eigenvalue weighted by Gasteiger charge is -2.08. The van der Waals surface area contributed by atoms with E-state index in [0.717, 1.165) is 44.2 Å². The summed E-state index contributed by atoms with van der Waals surface area (Å²) in [6, 6.07) is 12.1. The van der Waals surface area contributed by atoms with Gasteiger partial charge in [-0.2, -0.15) is 5.10 Å². The standard InChI is InChI=1S/C23H20ClN7/c1-14-8-16(11-28-21(14)24)12-31-13-19-20(30-31)5-7-27-23(19)29-10-15-2-3-18-17(9-15)4-6-26-22(18)25/h2-9,11,13H,10,12H2,1H3,(H2,25,26)(H,27,29). The molecule has 0 bridgehead atoms. The first-order valence-corrected chi connectivity index (χ1v) is 10.2. The molecule has 0 aliphatic rings. The Balaban J connectivity index is 1.38. The zero-order chi connectivity index (χ0) is 21.4. The fraction of sp³-hybridized carbons (Fsp3) is 0.130. The van der Waals surface area contributed by atoms with Crippen LogP contribution in [0.2, 0.25) is 5.15 Å². The van der Waals surface area contributed by atoms with E-state index in [9.17, 15) is 0 Å². The van der Waals surface area contributed by atoms with Crippen molar-refractivity contribution in [3.8, 4) is 0 Å². The van der Waals surface area contributed by atoms with Gasteiger partial charge in [0.25, 0.3) is 0 Å². The monoisotopic (exact) mass is 429 g/mol. The molecule has 1 aromatic carbocycles. The number of aryl methyl sites for hydroxylation is 1. The number of hydrogen-bond donors (Lipinski definition) is 2. The Morgan fingerprint density at radius 2 is 1.87 bits per heavy atom. The van der Waals surface area contributed by atoms with E-state index >= 15 is 0 Å². The molecule has 0 atom stereocenters. The molecule has 8 heteroatoms. The number of aromatic nitrogens is 5. The molecule has 0 unspecified atom stereocenters. The van der Waals surface area contributed by atoms with Gasteiger partial charge in [0.2, 0.25) is 0 Å². The normalized spacial score (nSPS) is 11.3. The first-order chi connectivity index (χ1) is 15.1. The molecule has 0 saturated carbocycles. The van der Waals surface area contributed by atoms with E-state index in [0.29, 0.717) is 24.1 Å². The van der Waals surface area contributed by atoms with Gasteiger partial charge in [-0.25, -0.2) is 15.0 Å². The highest BCUT2D eigenvalue weighted by molar-refractivity contribution is 6.30. The lowest BCUT2D eigenvalue weighted by atomic mass is 10.1. The minimum atomic E-state index is 0.526. The van der Waals surface area contributed by atoms with Crippen LogP contribution in [0.1, 0.15) is 16.7 Å². The molecule has 0 radical (unpaired) electrons. The van der Waals surface area contributed by atoms with Crippen molar-refractivity contribution in [2.24, 2.45) is 0 Å².